The van der Waals surface area contributed by atoms with Crippen LogP contribution in [0.2, 0.25) is 5.02 Å². The molecule has 3 aromatic rings. The van der Waals surface area contributed by atoms with Gasteiger partial charge >= 0.3 is 0 Å². The fraction of sp³-hybridized carbons (Fsp3) is 0.143. The second-order valence-corrected chi connectivity index (χ2v) is 5.15. The Labute approximate surface area is 120 Å². The highest BCUT2D eigenvalue weighted by molar-refractivity contribution is 6.36. The van der Waals surface area contributed by atoms with Gasteiger partial charge in [0.15, 0.2) is 0 Å². The van der Waals surface area contributed by atoms with Crippen LogP contribution < -0.4 is 5.73 Å². The minimum absolute atomic E-state index is 0.435. The Hall–Kier alpha value is -2.27. The van der Waals surface area contributed by atoms with E-state index in [1.54, 1.807) is 28.6 Å². The Morgan fingerprint density at radius 1 is 1.25 bits per heavy atom. The molecule has 0 spiro atoms. The number of aryl methyl sites for hydroxylation is 2. The molecule has 0 saturated carbocycles. The fourth-order valence-electron chi connectivity index (χ4n) is 2.36. The van der Waals surface area contributed by atoms with E-state index in [-0.39, 0.29) is 0 Å². The van der Waals surface area contributed by atoms with Crippen LogP contribution in [0.4, 0.5) is 0 Å². The lowest BCUT2D eigenvalue weighted by molar-refractivity contribution is 0.0993. The molecule has 5 nitrogen and oxygen atoms in total. The highest BCUT2D eigenvalue weighted by atomic mass is 35.5. The summed E-state index contributed by atoms with van der Waals surface area (Å²) in [5, 5.41) is 5.55. The van der Waals surface area contributed by atoms with Gasteiger partial charge in [-0.25, -0.2) is 0 Å². The zero-order valence-electron chi connectivity index (χ0n) is 11.1. The molecule has 2 N–H and O–H groups in total. The third-order valence-electron chi connectivity index (χ3n) is 3.40. The maximum Gasteiger partial charge on any atom is 0.265 e. The highest BCUT2D eigenvalue weighted by Crippen LogP contribution is 2.32. The fourth-order valence-corrected chi connectivity index (χ4v) is 2.63. The number of amides is 1. The molecule has 1 amide bonds. The molecule has 0 saturated heterocycles. The molecule has 1 aromatic carbocycles. The zero-order chi connectivity index (χ0) is 14.4. The number of benzene rings is 1. The Balaban J connectivity index is 2.28. The van der Waals surface area contributed by atoms with Gasteiger partial charge in [-0.2, -0.15) is 5.10 Å². The first kappa shape index (κ1) is 12.7. The SMILES string of the molecule is Cn1cc(-c2cc(Cl)c3cc(C(N)=O)n(C)c3c2)cn1. The molecule has 2 heterocycles. The van der Waals surface area contributed by atoms with E-state index in [1.165, 1.54) is 0 Å². The second-order valence-electron chi connectivity index (χ2n) is 4.75. The van der Waals surface area contributed by atoms with E-state index in [2.05, 4.69) is 5.10 Å². The second kappa shape index (κ2) is 4.38. The summed E-state index contributed by atoms with van der Waals surface area (Å²) >= 11 is 6.32. The van der Waals surface area contributed by atoms with Crippen LogP contribution in [0.5, 0.6) is 0 Å². The van der Waals surface area contributed by atoms with E-state index < -0.39 is 5.91 Å². The molecule has 0 unspecified atom stereocenters. The molecule has 102 valence electrons. The quantitative estimate of drug-likeness (QED) is 0.786. The van der Waals surface area contributed by atoms with E-state index in [4.69, 9.17) is 17.3 Å². The van der Waals surface area contributed by atoms with Crippen LogP contribution in [0.15, 0.2) is 30.6 Å². The molecule has 0 bridgehead atoms. The third-order valence-corrected chi connectivity index (χ3v) is 3.71. The van der Waals surface area contributed by atoms with Gasteiger partial charge in [-0.1, -0.05) is 11.6 Å². The molecule has 0 radical (unpaired) electrons. The van der Waals surface area contributed by atoms with Gasteiger partial charge in [0.2, 0.25) is 0 Å². The number of nitrogens with two attached hydrogens (primary N) is 1. The largest absolute Gasteiger partial charge is 0.364 e. The van der Waals surface area contributed by atoms with Gasteiger partial charge in [0, 0.05) is 31.2 Å². The standard InChI is InChI=1S/C14H13ClN4O/c1-18-7-9(6-17-18)8-3-11(15)10-5-13(14(16)20)19(2)12(10)4-8/h3-7H,1-2H3,(H2,16,20). The normalized spacial score (nSPS) is 11.2. The Bertz CT molecular complexity index is 831. The summed E-state index contributed by atoms with van der Waals surface area (Å²) in [7, 11) is 3.66. The monoisotopic (exact) mass is 288 g/mol. The van der Waals surface area contributed by atoms with Crippen molar-refractivity contribution in [1.82, 2.24) is 14.3 Å². The van der Waals surface area contributed by atoms with Crippen LogP contribution in [0, 0.1) is 0 Å². The number of carbonyl (C=O) groups excluding carboxylic acids is 1. The van der Waals surface area contributed by atoms with Crippen molar-refractivity contribution in [2.45, 2.75) is 0 Å². The maximum atomic E-state index is 11.4. The molecule has 2 aromatic heterocycles. The lowest BCUT2D eigenvalue weighted by Gasteiger charge is -2.04. The summed E-state index contributed by atoms with van der Waals surface area (Å²) in [6.45, 7) is 0. The number of hydrogen-bond donors (Lipinski definition) is 1. The topological polar surface area (TPSA) is 65.8 Å². The number of halogens is 1. The molecule has 0 atom stereocenters. The van der Waals surface area contributed by atoms with Crippen molar-refractivity contribution in [2.75, 3.05) is 0 Å². The maximum absolute atomic E-state index is 11.4. The first-order chi connectivity index (χ1) is 9.47. The molecule has 3 rings (SSSR count). The number of carbonyl (C=O) groups is 1. The summed E-state index contributed by atoms with van der Waals surface area (Å²) < 4.78 is 3.48. The van der Waals surface area contributed by atoms with Crippen LogP contribution in [0.3, 0.4) is 0 Å². The van der Waals surface area contributed by atoms with E-state index in [9.17, 15) is 4.79 Å². The first-order valence-corrected chi connectivity index (χ1v) is 6.43. The lowest BCUT2D eigenvalue weighted by atomic mass is 10.1. The van der Waals surface area contributed by atoms with Crippen molar-refractivity contribution in [3.63, 3.8) is 0 Å². The van der Waals surface area contributed by atoms with Crippen LogP contribution >= 0.6 is 11.6 Å². The number of fused-ring (bicyclic) bond motifs is 1. The molecule has 0 aliphatic carbocycles. The highest BCUT2D eigenvalue weighted by Gasteiger charge is 2.14. The third kappa shape index (κ3) is 1.87. The average molecular weight is 289 g/mol. The van der Waals surface area contributed by atoms with Crippen molar-refractivity contribution in [1.29, 1.82) is 0 Å². The number of primary amides is 1. The number of hydrogen-bond acceptors (Lipinski definition) is 2. The van der Waals surface area contributed by atoms with Crippen molar-refractivity contribution in [2.24, 2.45) is 19.8 Å². The van der Waals surface area contributed by atoms with E-state index in [0.29, 0.717) is 10.7 Å². The van der Waals surface area contributed by atoms with E-state index in [1.807, 2.05) is 25.4 Å². The number of aromatic nitrogens is 3. The molecular formula is C14H13ClN4O. The number of nitrogens with zero attached hydrogens (tertiary/aromatic N) is 3. The van der Waals surface area contributed by atoms with Gasteiger partial charge in [-0.05, 0) is 23.8 Å². The zero-order valence-corrected chi connectivity index (χ0v) is 11.8. The summed E-state index contributed by atoms with van der Waals surface area (Å²) in [4.78, 5) is 11.4. The van der Waals surface area contributed by atoms with Gasteiger partial charge in [0.05, 0.1) is 16.7 Å². The molecule has 20 heavy (non-hydrogen) atoms. The summed E-state index contributed by atoms with van der Waals surface area (Å²) in [6, 6.07) is 5.56. The molecule has 0 aliphatic heterocycles. The van der Waals surface area contributed by atoms with Crippen LogP contribution in [-0.2, 0) is 14.1 Å². The van der Waals surface area contributed by atoms with Crippen molar-refractivity contribution >= 4 is 28.4 Å². The Morgan fingerprint density at radius 2 is 2.00 bits per heavy atom. The first-order valence-electron chi connectivity index (χ1n) is 6.05. The minimum atomic E-state index is -0.470. The number of rotatable bonds is 2. The molecule has 0 fully saturated rings. The van der Waals surface area contributed by atoms with Gasteiger partial charge < -0.3 is 10.3 Å². The lowest BCUT2D eigenvalue weighted by Crippen LogP contribution is -2.14. The summed E-state index contributed by atoms with van der Waals surface area (Å²) in [5.74, 6) is -0.470. The molecular weight excluding hydrogens is 276 g/mol. The van der Waals surface area contributed by atoms with Gasteiger partial charge in [-0.3, -0.25) is 9.48 Å². The van der Waals surface area contributed by atoms with Gasteiger partial charge in [0.1, 0.15) is 5.69 Å². The van der Waals surface area contributed by atoms with Crippen molar-refractivity contribution < 1.29 is 4.79 Å². The van der Waals surface area contributed by atoms with E-state index in [0.717, 1.165) is 22.0 Å². The van der Waals surface area contributed by atoms with Gasteiger partial charge in [0.25, 0.3) is 5.91 Å². The van der Waals surface area contributed by atoms with Gasteiger partial charge in [-0.15, -0.1) is 0 Å². The molecule has 6 heteroatoms. The average Bonchev–Trinajstić information content (AvgIpc) is 2.95. The van der Waals surface area contributed by atoms with Crippen molar-refractivity contribution in [3.8, 4) is 11.1 Å². The predicted octanol–water partition coefficient (Wildman–Crippen LogP) is 2.33. The smallest absolute Gasteiger partial charge is 0.265 e. The molecule has 0 aliphatic rings. The predicted molar refractivity (Wildman–Crippen MR) is 78.6 cm³/mol. The van der Waals surface area contributed by atoms with Crippen LogP contribution in [-0.4, -0.2) is 20.3 Å². The Kier molecular flexibility index (Phi) is 2.79. The Morgan fingerprint density at radius 3 is 2.60 bits per heavy atom. The van der Waals surface area contributed by atoms with Crippen LogP contribution in [0.25, 0.3) is 22.0 Å². The van der Waals surface area contributed by atoms with Crippen LogP contribution in [0.1, 0.15) is 10.5 Å². The summed E-state index contributed by atoms with van der Waals surface area (Å²) in [6.07, 6.45) is 3.69. The summed E-state index contributed by atoms with van der Waals surface area (Å²) in [5.41, 5.74) is 8.59. The van der Waals surface area contributed by atoms with E-state index >= 15 is 0 Å². The van der Waals surface area contributed by atoms with Crippen molar-refractivity contribution in [3.05, 3.63) is 41.3 Å². The minimum Gasteiger partial charge on any atom is -0.364 e.